The van der Waals surface area contributed by atoms with Crippen LogP contribution in [-0.2, 0) is 24.5 Å². The fourth-order valence-electron chi connectivity index (χ4n) is 3.12. The Hall–Kier alpha value is -3.93. The van der Waals surface area contributed by atoms with Gasteiger partial charge in [0.25, 0.3) is 5.56 Å². The molecule has 0 aliphatic carbocycles. The van der Waals surface area contributed by atoms with Crippen LogP contribution >= 0.6 is 0 Å². The van der Waals surface area contributed by atoms with Gasteiger partial charge in [-0.1, -0.05) is 54.6 Å². The van der Waals surface area contributed by atoms with Gasteiger partial charge in [0.05, 0.1) is 17.2 Å². The largest absolute Gasteiger partial charge is 0.489 e. The van der Waals surface area contributed by atoms with Crippen molar-refractivity contribution in [1.82, 2.24) is 14.9 Å². The number of carbonyl (C=O) groups is 1. The van der Waals surface area contributed by atoms with E-state index in [0.29, 0.717) is 24.2 Å². The average molecular weight is 399 g/mol. The van der Waals surface area contributed by atoms with Gasteiger partial charge in [-0.25, -0.2) is 4.98 Å². The van der Waals surface area contributed by atoms with Gasteiger partial charge in [-0.3, -0.25) is 14.2 Å². The summed E-state index contributed by atoms with van der Waals surface area (Å²) in [6.45, 7) is 0.821. The Morgan fingerprint density at radius 1 is 0.900 bits per heavy atom. The van der Waals surface area contributed by atoms with Gasteiger partial charge in [-0.15, -0.1) is 0 Å². The summed E-state index contributed by atoms with van der Waals surface area (Å²) in [6.07, 6.45) is 1.24. The minimum absolute atomic E-state index is 0.0554. The van der Waals surface area contributed by atoms with Crippen molar-refractivity contribution in [2.24, 2.45) is 0 Å². The van der Waals surface area contributed by atoms with Gasteiger partial charge >= 0.3 is 0 Å². The summed E-state index contributed by atoms with van der Waals surface area (Å²) in [4.78, 5) is 28.7. The minimum Gasteiger partial charge on any atom is -0.489 e. The first-order valence-corrected chi connectivity index (χ1v) is 9.66. The van der Waals surface area contributed by atoms with E-state index in [0.717, 1.165) is 16.9 Å². The number of aromatic nitrogens is 2. The number of ether oxygens (including phenoxy) is 1. The molecule has 6 heteroatoms. The van der Waals surface area contributed by atoms with E-state index < -0.39 is 0 Å². The zero-order valence-corrected chi connectivity index (χ0v) is 16.3. The summed E-state index contributed by atoms with van der Waals surface area (Å²) in [6, 6.07) is 24.8. The molecule has 30 heavy (non-hydrogen) atoms. The predicted octanol–water partition coefficient (Wildman–Crippen LogP) is 3.29. The van der Waals surface area contributed by atoms with E-state index in [-0.39, 0.29) is 18.0 Å². The Morgan fingerprint density at radius 3 is 2.43 bits per heavy atom. The molecule has 0 aliphatic heterocycles. The molecule has 4 aromatic rings. The molecule has 0 aliphatic rings. The van der Waals surface area contributed by atoms with E-state index in [2.05, 4.69) is 10.3 Å². The molecule has 0 saturated carbocycles. The van der Waals surface area contributed by atoms with Gasteiger partial charge in [0, 0.05) is 6.54 Å². The number of fused-ring (bicyclic) bond motifs is 1. The molecule has 0 spiro atoms. The highest BCUT2D eigenvalue weighted by atomic mass is 16.5. The van der Waals surface area contributed by atoms with E-state index in [1.165, 1.54) is 10.8 Å². The Morgan fingerprint density at radius 2 is 1.63 bits per heavy atom. The van der Waals surface area contributed by atoms with Crippen molar-refractivity contribution in [3.63, 3.8) is 0 Å². The van der Waals surface area contributed by atoms with Crippen molar-refractivity contribution < 1.29 is 9.53 Å². The Labute approximate surface area is 173 Å². The number of nitrogens with zero attached hydrogens (tertiary/aromatic N) is 2. The summed E-state index contributed by atoms with van der Waals surface area (Å²) in [5, 5.41) is 2.86. The number of benzene rings is 3. The van der Waals surface area contributed by atoms with Crippen LogP contribution in [0, 0.1) is 0 Å². The zero-order chi connectivity index (χ0) is 20.8. The standard InChI is InChI=1S/C24H21N3O3/c28-23(16-27-22-9-5-4-8-21(22)25-15-24(27)29)26-14-18-10-12-20(13-11-18)30-17-19-6-2-1-3-7-19/h1-13,15H,14,16-17H2,(H,26,28). The lowest BCUT2D eigenvalue weighted by atomic mass is 10.2. The maximum absolute atomic E-state index is 12.4. The molecule has 4 rings (SSSR count). The van der Waals surface area contributed by atoms with Crippen molar-refractivity contribution in [2.75, 3.05) is 0 Å². The van der Waals surface area contributed by atoms with E-state index >= 15 is 0 Å². The molecule has 0 bridgehead atoms. The Bertz CT molecular complexity index is 1200. The van der Waals surface area contributed by atoms with Crippen molar-refractivity contribution in [2.45, 2.75) is 19.7 Å². The molecule has 1 heterocycles. The Kier molecular flexibility index (Phi) is 5.85. The summed E-state index contributed by atoms with van der Waals surface area (Å²) in [5.41, 5.74) is 3.06. The number of para-hydroxylation sites is 2. The lowest BCUT2D eigenvalue weighted by Gasteiger charge is -2.11. The number of hydrogen-bond acceptors (Lipinski definition) is 4. The molecular formula is C24H21N3O3. The second-order valence-electron chi connectivity index (χ2n) is 6.87. The number of nitrogens with one attached hydrogen (secondary N) is 1. The third-order valence-electron chi connectivity index (χ3n) is 4.72. The van der Waals surface area contributed by atoms with Crippen molar-refractivity contribution in [3.8, 4) is 5.75 Å². The maximum atomic E-state index is 12.4. The van der Waals surface area contributed by atoms with Gasteiger partial charge < -0.3 is 10.1 Å². The highest BCUT2D eigenvalue weighted by Crippen LogP contribution is 2.14. The van der Waals surface area contributed by atoms with Crippen LogP contribution in [0.4, 0.5) is 0 Å². The molecule has 0 atom stereocenters. The number of carbonyl (C=O) groups excluding carboxylic acids is 1. The first kappa shape index (κ1) is 19.4. The predicted molar refractivity (Wildman–Crippen MR) is 115 cm³/mol. The molecule has 150 valence electrons. The first-order chi connectivity index (χ1) is 14.7. The van der Waals surface area contributed by atoms with Crippen LogP contribution in [0.15, 0.2) is 89.9 Å². The monoisotopic (exact) mass is 399 g/mol. The topological polar surface area (TPSA) is 73.2 Å². The number of hydrogen-bond donors (Lipinski definition) is 1. The number of amides is 1. The first-order valence-electron chi connectivity index (χ1n) is 9.66. The van der Waals surface area contributed by atoms with E-state index in [4.69, 9.17) is 4.74 Å². The summed E-state index contributed by atoms with van der Waals surface area (Å²) < 4.78 is 7.20. The maximum Gasteiger partial charge on any atom is 0.269 e. The van der Waals surface area contributed by atoms with Gasteiger partial charge in [0.15, 0.2) is 0 Å². The summed E-state index contributed by atoms with van der Waals surface area (Å²) in [7, 11) is 0. The second-order valence-corrected chi connectivity index (χ2v) is 6.87. The molecule has 1 N–H and O–H groups in total. The lowest BCUT2D eigenvalue weighted by Crippen LogP contribution is -2.32. The van der Waals surface area contributed by atoms with E-state index in [1.54, 1.807) is 6.07 Å². The fraction of sp³-hybridized carbons (Fsp3) is 0.125. The average Bonchev–Trinajstić information content (AvgIpc) is 2.79. The second kappa shape index (κ2) is 9.05. The van der Waals surface area contributed by atoms with Crippen LogP contribution in [0.3, 0.4) is 0 Å². The molecule has 1 aromatic heterocycles. The van der Waals surface area contributed by atoms with Gasteiger partial charge in [-0.05, 0) is 35.4 Å². The molecule has 0 saturated heterocycles. The van der Waals surface area contributed by atoms with Gasteiger partial charge in [0.2, 0.25) is 5.91 Å². The van der Waals surface area contributed by atoms with Crippen molar-refractivity contribution in [1.29, 1.82) is 0 Å². The van der Waals surface area contributed by atoms with Crippen molar-refractivity contribution >= 4 is 16.9 Å². The molecular weight excluding hydrogens is 378 g/mol. The van der Waals surface area contributed by atoms with Crippen LogP contribution in [0.1, 0.15) is 11.1 Å². The SMILES string of the molecule is O=C(Cn1c(=O)cnc2ccccc21)NCc1ccc(OCc2ccccc2)cc1. The Balaban J connectivity index is 1.33. The van der Waals surface area contributed by atoms with Crippen LogP contribution in [0.2, 0.25) is 0 Å². The molecule has 0 radical (unpaired) electrons. The fourth-order valence-corrected chi connectivity index (χ4v) is 3.12. The molecule has 3 aromatic carbocycles. The normalized spacial score (nSPS) is 10.7. The quantitative estimate of drug-likeness (QED) is 0.518. The molecule has 1 amide bonds. The van der Waals surface area contributed by atoms with Gasteiger partial charge in [0.1, 0.15) is 18.9 Å². The highest BCUT2D eigenvalue weighted by Gasteiger charge is 2.09. The summed E-state index contributed by atoms with van der Waals surface area (Å²) >= 11 is 0. The van der Waals surface area contributed by atoms with E-state index in [1.807, 2.05) is 72.8 Å². The lowest BCUT2D eigenvalue weighted by molar-refractivity contribution is -0.121. The van der Waals surface area contributed by atoms with Gasteiger partial charge in [-0.2, -0.15) is 0 Å². The number of rotatable bonds is 7. The molecule has 6 nitrogen and oxygen atoms in total. The molecule has 0 unspecified atom stereocenters. The van der Waals surface area contributed by atoms with Crippen LogP contribution in [0.5, 0.6) is 5.75 Å². The highest BCUT2D eigenvalue weighted by molar-refractivity contribution is 5.79. The third kappa shape index (κ3) is 4.72. The van der Waals surface area contributed by atoms with Crippen LogP contribution in [-0.4, -0.2) is 15.5 Å². The summed E-state index contributed by atoms with van der Waals surface area (Å²) in [5.74, 6) is 0.529. The molecule has 0 fully saturated rings. The minimum atomic E-state index is -0.302. The van der Waals surface area contributed by atoms with E-state index in [9.17, 15) is 9.59 Å². The van der Waals surface area contributed by atoms with Crippen molar-refractivity contribution in [3.05, 3.63) is 107 Å². The van der Waals surface area contributed by atoms with Crippen LogP contribution in [0.25, 0.3) is 11.0 Å². The smallest absolute Gasteiger partial charge is 0.269 e. The third-order valence-corrected chi connectivity index (χ3v) is 4.72. The zero-order valence-electron chi connectivity index (χ0n) is 16.3. The van der Waals surface area contributed by atoms with Crippen LogP contribution < -0.4 is 15.6 Å².